The molecule has 0 saturated carbocycles. The van der Waals surface area contributed by atoms with E-state index in [9.17, 15) is 0 Å². The fraction of sp³-hybridized carbons (Fsp3) is 0.471. The van der Waals surface area contributed by atoms with Crippen molar-refractivity contribution in [3.05, 3.63) is 42.1 Å². The van der Waals surface area contributed by atoms with Crippen molar-refractivity contribution in [1.82, 2.24) is 0 Å². The molecule has 0 aliphatic heterocycles. The molecule has 0 amide bonds. The van der Waals surface area contributed by atoms with Crippen LogP contribution in [-0.2, 0) is 11.0 Å². The lowest BCUT2D eigenvalue weighted by Gasteiger charge is -2.22. The highest BCUT2D eigenvalue weighted by molar-refractivity contribution is 5.76. The standard InChI is InChI=1S/C17H24N/c1-16(2,3)14-11-13-9-7-8-10-15(13)18(12-14)17(4,5)6/h7-12H,1-6H3/q+1. The van der Waals surface area contributed by atoms with Crippen LogP contribution in [0.5, 0.6) is 0 Å². The summed E-state index contributed by atoms with van der Waals surface area (Å²) in [7, 11) is 0. The number of aromatic nitrogens is 1. The first-order chi connectivity index (χ1) is 8.19. The van der Waals surface area contributed by atoms with Crippen LogP contribution in [0.2, 0.25) is 0 Å². The first kappa shape index (κ1) is 13.1. The summed E-state index contributed by atoms with van der Waals surface area (Å²) >= 11 is 0. The second-order valence-corrected chi connectivity index (χ2v) is 7.08. The minimum Gasteiger partial charge on any atom is -0.194 e. The number of fused-ring (bicyclic) bond motifs is 1. The van der Waals surface area contributed by atoms with Gasteiger partial charge in [-0.05, 0) is 17.5 Å². The number of hydrogen-bond acceptors (Lipinski definition) is 0. The van der Waals surface area contributed by atoms with Gasteiger partial charge in [0, 0.05) is 37.8 Å². The van der Waals surface area contributed by atoms with Crippen LogP contribution >= 0.6 is 0 Å². The molecule has 0 aliphatic carbocycles. The van der Waals surface area contributed by atoms with Crippen LogP contribution in [0.15, 0.2) is 36.5 Å². The monoisotopic (exact) mass is 242 g/mol. The number of nitrogens with zero attached hydrogens (tertiary/aromatic N) is 1. The lowest BCUT2D eigenvalue weighted by atomic mass is 9.87. The molecule has 1 aromatic heterocycles. The molecule has 1 heteroatoms. The molecule has 2 rings (SSSR count). The van der Waals surface area contributed by atoms with Crippen LogP contribution in [0, 0.1) is 0 Å². The van der Waals surface area contributed by atoms with E-state index in [-0.39, 0.29) is 11.0 Å². The molecule has 1 nitrogen and oxygen atoms in total. The van der Waals surface area contributed by atoms with Crippen molar-refractivity contribution in [2.45, 2.75) is 52.5 Å². The molecule has 0 aliphatic rings. The highest BCUT2D eigenvalue weighted by Gasteiger charge is 2.27. The molecule has 0 bridgehead atoms. The summed E-state index contributed by atoms with van der Waals surface area (Å²) in [6, 6.07) is 10.9. The van der Waals surface area contributed by atoms with E-state index in [2.05, 4.69) is 82.6 Å². The summed E-state index contributed by atoms with van der Waals surface area (Å²) in [6.07, 6.45) is 2.31. The van der Waals surface area contributed by atoms with Gasteiger partial charge in [-0.1, -0.05) is 32.9 Å². The lowest BCUT2D eigenvalue weighted by Crippen LogP contribution is -2.51. The summed E-state index contributed by atoms with van der Waals surface area (Å²) in [5.41, 5.74) is 2.96. The third-order valence-corrected chi connectivity index (χ3v) is 3.36. The Balaban J connectivity index is 2.81. The first-order valence-electron chi connectivity index (χ1n) is 6.65. The molecule has 0 N–H and O–H groups in total. The van der Waals surface area contributed by atoms with Crippen molar-refractivity contribution in [2.75, 3.05) is 0 Å². The fourth-order valence-electron chi connectivity index (χ4n) is 2.21. The summed E-state index contributed by atoms with van der Waals surface area (Å²) < 4.78 is 2.39. The van der Waals surface area contributed by atoms with Crippen LogP contribution < -0.4 is 4.57 Å². The van der Waals surface area contributed by atoms with Crippen LogP contribution in [0.25, 0.3) is 10.9 Å². The van der Waals surface area contributed by atoms with E-state index in [1.165, 1.54) is 16.5 Å². The smallest absolute Gasteiger partial charge is 0.194 e. The second kappa shape index (κ2) is 4.08. The molecule has 0 unspecified atom stereocenters. The van der Waals surface area contributed by atoms with Gasteiger partial charge >= 0.3 is 0 Å². The Kier molecular flexibility index (Phi) is 2.96. The van der Waals surface area contributed by atoms with Crippen LogP contribution in [0.3, 0.4) is 0 Å². The molecule has 0 atom stereocenters. The van der Waals surface area contributed by atoms with E-state index < -0.39 is 0 Å². The van der Waals surface area contributed by atoms with Crippen molar-refractivity contribution in [2.24, 2.45) is 0 Å². The molecule has 96 valence electrons. The zero-order valence-electron chi connectivity index (χ0n) is 12.4. The second-order valence-electron chi connectivity index (χ2n) is 7.08. The number of rotatable bonds is 0. The predicted octanol–water partition coefficient (Wildman–Crippen LogP) is 4.18. The highest BCUT2D eigenvalue weighted by atomic mass is 15.0. The summed E-state index contributed by atoms with van der Waals surface area (Å²) in [5.74, 6) is 0. The van der Waals surface area contributed by atoms with Gasteiger partial charge in [0.1, 0.15) is 0 Å². The minimum absolute atomic E-state index is 0.0981. The minimum atomic E-state index is 0.0981. The molecule has 1 aromatic carbocycles. The third kappa shape index (κ3) is 2.40. The Hall–Kier alpha value is -1.37. The zero-order valence-corrected chi connectivity index (χ0v) is 12.4. The van der Waals surface area contributed by atoms with Crippen molar-refractivity contribution in [3.63, 3.8) is 0 Å². The van der Waals surface area contributed by atoms with Gasteiger partial charge in [0.05, 0.1) is 0 Å². The number of para-hydroxylation sites is 1. The lowest BCUT2D eigenvalue weighted by molar-refractivity contribution is -0.731. The van der Waals surface area contributed by atoms with Gasteiger partial charge in [-0.25, -0.2) is 0 Å². The fourth-order valence-corrected chi connectivity index (χ4v) is 2.21. The highest BCUT2D eigenvalue weighted by Crippen LogP contribution is 2.25. The Morgan fingerprint density at radius 1 is 0.889 bits per heavy atom. The van der Waals surface area contributed by atoms with Crippen LogP contribution in [0.4, 0.5) is 0 Å². The molecule has 0 saturated heterocycles. The van der Waals surface area contributed by atoms with E-state index in [4.69, 9.17) is 0 Å². The predicted molar refractivity (Wildman–Crippen MR) is 77.8 cm³/mol. The quantitative estimate of drug-likeness (QED) is 0.610. The van der Waals surface area contributed by atoms with Gasteiger partial charge in [-0.3, -0.25) is 0 Å². The number of pyridine rings is 1. The SMILES string of the molecule is CC(C)(C)c1cc2ccccc2[n+](C(C)(C)C)c1. The van der Waals surface area contributed by atoms with Gasteiger partial charge in [0.15, 0.2) is 11.7 Å². The molecular formula is C17H24N+. The Morgan fingerprint density at radius 3 is 2.06 bits per heavy atom. The summed E-state index contributed by atoms with van der Waals surface area (Å²) in [5, 5.41) is 1.32. The Morgan fingerprint density at radius 2 is 1.50 bits per heavy atom. The van der Waals surface area contributed by atoms with Crippen molar-refractivity contribution in [1.29, 1.82) is 0 Å². The van der Waals surface area contributed by atoms with Gasteiger partial charge in [0.25, 0.3) is 0 Å². The van der Waals surface area contributed by atoms with E-state index in [0.29, 0.717) is 0 Å². The van der Waals surface area contributed by atoms with Crippen molar-refractivity contribution >= 4 is 10.9 Å². The molecule has 0 spiro atoms. The summed E-state index contributed by atoms with van der Waals surface area (Å²) in [6.45, 7) is 13.6. The molecule has 0 fully saturated rings. The number of hydrogen-bond donors (Lipinski definition) is 0. The van der Waals surface area contributed by atoms with E-state index in [0.717, 1.165) is 0 Å². The normalized spacial score (nSPS) is 13.0. The summed E-state index contributed by atoms with van der Waals surface area (Å²) in [4.78, 5) is 0. The van der Waals surface area contributed by atoms with Crippen LogP contribution in [-0.4, -0.2) is 0 Å². The topological polar surface area (TPSA) is 3.88 Å². The molecule has 0 radical (unpaired) electrons. The van der Waals surface area contributed by atoms with Gasteiger partial charge in [0.2, 0.25) is 5.52 Å². The van der Waals surface area contributed by atoms with Gasteiger partial charge in [-0.15, -0.1) is 0 Å². The van der Waals surface area contributed by atoms with Gasteiger partial charge < -0.3 is 0 Å². The van der Waals surface area contributed by atoms with Gasteiger partial charge in [-0.2, -0.15) is 4.57 Å². The maximum atomic E-state index is 2.39. The average Bonchev–Trinajstić information content (AvgIpc) is 2.25. The van der Waals surface area contributed by atoms with E-state index in [1.54, 1.807) is 0 Å². The van der Waals surface area contributed by atoms with E-state index in [1.807, 2.05) is 0 Å². The number of benzene rings is 1. The van der Waals surface area contributed by atoms with Crippen molar-refractivity contribution in [3.8, 4) is 0 Å². The zero-order chi connectivity index (χ0) is 13.6. The molecule has 1 heterocycles. The first-order valence-corrected chi connectivity index (χ1v) is 6.65. The van der Waals surface area contributed by atoms with Crippen molar-refractivity contribution < 1.29 is 4.57 Å². The molecule has 2 aromatic rings. The Labute approximate surface area is 110 Å². The third-order valence-electron chi connectivity index (χ3n) is 3.36. The average molecular weight is 242 g/mol. The maximum Gasteiger partial charge on any atom is 0.212 e. The molecular weight excluding hydrogens is 218 g/mol. The van der Waals surface area contributed by atoms with E-state index >= 15 is 0 Å². The maximum absolute atomic E-state index is 2.39. The molecule has 18 heavy (non-hydrogen) atoms. The Bertz CT molecular complexity index is 568. The largest absolute Gasteiger partial charge is 0.212 e. The van der Waals surface area contributed by atoms with Crippen LogP contribution in [0.1, 0.15) is 47.1 Å².